The number of nitrogens with zero attached hydrogens (tertiary/aromatic N) is 1. The molecular weight excluding hydrogens is 254 g/mol. The van der Waals surface area contributed by atoms with Gasteiger partial charge in [0, 0.05) is 16.3 Å². The number of carbonyl (C=O) groups is 1. The highest BCUT2D eigenvalue weighted by molar-refractivity contribution is 6.30. The van der Waals surface area contributed by atoms with Crippen molar-refractivity contribution >= 4 is 29.2 Å². The quantitative estimate of drug-likeness (QED) is 0.872. The molecule has 1 heterocycles. The molecule has 2 rings (SSSR count). The van der Waals surface area contributed by atoms with Crippen molar-refractivity contribution in [2.45, 2.75) is 13.8 Å². The predicted octanol–water partition coefficient (Wildman–Crippen LogP) is 3.59. The second-order valence-electron chi connectivity index (χ2n) is 3.81. The van der Waals surface area contributed by atoms with E-state index in [4.69, 9.17) is 16.1 Å². The van der Waals surface area contributed by atoms with Crippen LogP contribution in [0.5, 0.6) is 0 Å². The first kappa shape index (κ1) is 12.4. The van der Waals surface area contributed by atoms with E-state index in [1.807, 2.05) is 6.92 Å². The number of benzene rings is 1. The summed E-state index contributed by atoms with van der Waals surface area (Å²) in [7, 11) is 0. The van der Waals surface area contributed by atoms with Gasteiger partial charge in [0.1, 0.15) is 0 Å². The third kappa shape index (κ3) is 2.81. The minimum Gasteiger partial charge on any atom is -0.338 e. The maximum absolute atomic E-state index is 11.7. The van der Waals surface area contributed by atoms with Gasteiger partial charge >= 0.3 is 6.03 Å². The molecule has 2 amide bonds. The molecule has 2 N–H and O–H groups in total. The van der Waals surface area contributed by atoms with E-state index in [2.05, 4.69) is 15.8 Å². The zero-order valence-corrected chi connectivity index (χ0v) is 10.7. The minimum absolute atomic E-state index is 0.346. The lowest BCUT2D eigenvalue weighted by molar-refractivity contribution is 0.261. The lowest BCUT2D eigenvalue weighted by atomic mass is 10.3. The highest BCUT2D eigenvalue weighted by atomic mass is 35.5. The highest BCUT2D eigenvalue weighted by Crippen LogP contribution is 2.18. The Balaban J connectivity index is 2.01. The van der Waals surface area contributed by atoms with Crippen LogP contribution in [0.1, 0.15) is 11.3 Å². The van der Waals surface area contributed by atoms with Crippen molar-refractivity contribution in [2.75, 3.05) is 10.6 Å². The van der Waals surface area contributed by atoms with Gasteiger partial charge in [-0.1, -0.05) is 16.8 Å². The van der Waals surface area contributed by atoms with E-state index in [-0.39, 0.29) is 0 Å². The Bertz CT molecular complexity index is 563. The molecule has 2 aromatic rings. The van der Waals surface area contributed by atoms with Crippen molar-refractivity contribution < 1.29 is 9.32 Å². The van der Waals surface area contributed by atoms with E-state index in [0.29, 0.717) is 16.6 Å². The van der Waals surface area contributed by atoms with Crippen LogP contribution >= 0.6 is 11.6 Å². The molecule has 1 aromatic carbocycles. The molecule has 18 heavy (non-hydrogen) atoms. The molecule has 0 saturated heterocycles. The summed E-state index contributed by atoms with van der Waals surface area (Å²) in [5, 5.41) is 9.61. The Morgan fingerprint density at radius 2 is 1.89 bits per heavy atom. The minimum atomic E-state index is -0.392. The van der Waals surface area contributed by atoms with Gasteiger partial charge in [-0.25, -0.2) is 4.79 Å². The number of hydrogen-bond donors (Lipinski definition) is 2. The van der Waals surface area contributed by atoms with Crippen LogP contribution in [0.4, 0.5) is 16.4 Å². The number of nitrogens with one attached hydrogen (secondary N) is 2. The number of hydrogen-bond acceptors (Lipinski definition) is 3. The van der Waals surface area contributed by atoms with Crippen LogP contribution in [0, 0.1) is 13.8 Å². The number of carbonyl (C=O) groups excluding carboxylic acids is 1. The lowest BCUT2D eigenvalue weighted by Gasteiger charge is -2.05. The lowest BCUT2D eigenvalue weighted by Crippen LogP contribution is -2.19. The number of aromatic nitrogens is 1. The third-order valence-electron chi connectivity index (χ3n) is 2.49. The summed E-state index contributed by atoms with van der Waals surface area (Å²) >= 11 is 5.75. The van der Waals surface area contributed by atoms with Crippen LogP contribution in [-0.4, -0.2) is 11.2 Å². The topological polar surface area (TPSA) is 67.2 Å². The van der Waals surface area contributed by atoms with Gasteiger partial charge in [0.15, 0.2) is 0 Å². The molecule has 0 spiro atoms. The van der Waals surface area contributed by atoms with Crippen LogP contribution < -0.4 is 10.6 Å². The van der Waals surface area contributed by atoms with Gasteiger partial charge in [0.25, 0.3) is 0 Å². The van der Waals surface area contributed by atoms with Crippen LogP contribution in [0.2, 0.25) is 5.02 Å². The number of amides is 2. The van der Waals surface area contributed by atoms with E-state index < -0.39 is 6.03 Å². The maximum atomic E-state index is 11.7. The number of urea groups is 1. The number of rotatable bonds is 2. The summed E-state index contributed by atoms with van der Waals surface area (Å²) in [4.78, 5) is 11.7. The molecule has 0 radical (unpaired) electrons. The van der Waals surface area contributed by atoms with Gasteiger partial charge in [-0.3, -0.25) is 5.32 Å². The summed E-state index contributed by atoms with van der Waals surface area (Å²) in [6.45, 7) is 3.63. The Kier molecular flexibility index (Phi) is 3.53. The van der Waals surface area contributed by atoms with E-state index in [0.717, 1.165) is 11.3 Å². The molecule has 94 valence electrons. The molecular formula is C12H12ClN3O2. The van der Waals surface area contributed by atoms with Gasteiger partial charge in [-0.05, 0) is 38.1 Å². The van der Waals surface area contributed by atoms with Crippen molar-refractivity contribution in [1.82, 2.24) is 5.16 Å². The standard InChI is InChI=1S/C12H12ClN3O2/c1-7-8(2)16-18-11(7)15-12(17)14-10-5-3-9(13)4-6-10/h3-6H,1-2H3,(H2,14,15,17). The molecule has 0 unspecified atom stereocenters. The first-order valence-corrected chi connectivity index (χ1v) is 5.70. The summed E-state index contributed by atoms with van der Waals surface area (Å²) in [5.41, 5.74) is 2.20. The fraction of sp³-hybridized carbons (Fsp3) is 0.167. The van der Waals surface area contributed by atoms with E-state index >= 15 is 0 Å². The van der Waals surface area contributed by atoms with Gasteiger partial charge in [-0.15, -0.1) is 0 Å². The van der Waals surface area contributed by atoms with Crippen molar-refractivity contribution in [1.29, 1.82) is 0 Å². The fourth-order valence-corrected chi connectivity index (χ4v) is 1.46. The van der Waals surface area contributed by atoms with E-state index in [9.17, 15) is 4.79 Å². The van der Waals surface area contributed by atoms with Crippen molar-refractivity contribution in [3.63, 3.8) is 0 Å². The zero-order chi connectivity index (χ0) is 13.1. The van der Waals surface area contributed by atoms with Gasteiger partial charge in [0.2, 0.25) is 5.88 Å². The number of aryl methyl sites for hydroxylation is 1. The van der Waals surface area contributed by atoms with E-state index in [1.165, 1.54) is 0 Å². The Labute approximate surface area is 109 Å². The average molecular weight is 266 g/mol. The maximum Gasteiger partial charge on any atom is 0.326 e. The van der Waals surface area contributed by atoms with Gasteiger partial charge < -0.3 is 9.84 Å². The van der Waals surface area contributed by atoms with Gasteiger partial charge in [0.05, 0.1) is 5.69 Å². The Hall–Kier alpha value is -2.01. The highest BCUT2D eigenvalue weighted by Gasteiger charge is 2.11. The number of halogens is 1. The zero-order valence-electron chi connectivity index (χ0n) is 9.95. The second kappa shape index (κ2) is 5.10. The van der Waals surface area contributed by atoms with Gasteiger partial charge in [-0.2, -0.15) is 0 Å². The smallest absolute Gasteiger partial charge is 0.326 e. The summed E-state index contributed by atoms with van der Waals surface area (Å²) in [6, 6.07) is 6.42. The molecule has 0 aliphatic carbocycles. The largest absolute Gasteiger partial charge is 0.338 e. The summed E-state index contributed by atoms with van der Waals surface area (Å²) in [6.07, 6.45) is 0. The van der Waals surface area contributed by atoms with Crippen LogP contribution in [0.25, 0.3) is 0 Å². The molecule has 0 fully saturated rings. The SMILES string of the molecule is Cc1noc(NC(=O)Nc2ccc(Cl)cc2)c1C. The van der Waals surface area contributed by atoms with Crippen LogP contribution in [-0.2, 0) is 0 Å². The second-order valence-corrected chi connectivity index (χ2v) is 4.24. The Morgan fingerprint density at radius 3 is 2.44 bits per heavy atom. The molecule has 0 saturated carbocycles. The van der Waals surface area contributed by atoms with Crippen molar-refractivity contribution in [2.24, 2.45) is 0 Å². The molecule has 0 bridgehead atoms. The molecule has 5 nitrogen and oxygen atoms in total. The normalized spacial score (nSPS) is 10.2. The monoisotopic (exact) mass is 265 g/mol. The van der Waals surface area contributed by atoms with Crippen LogP contribution in [0.3, 0.4) is 0 Å². The Morgan fingerprint density at radius 1 is 1.22 bits per heavy atom. The first-order valence-electron chi connectivity index (χ1n) is 5.32. The van der Waals surface area contributed by atoms with E-state index in [1.54, 1.807) is 31.2 Å². The molecule has 0 aliphatic rings. The number of anilines is 2. The predicted molar refractivity (Wildman–Crippen MR) is 70.1 cm³/mol. The molecule has 6 heteroatoms. The molecule has 0 aliphatic heterocycles. The van der Waals surface area contributed by atoms with Crippen LogP contribution in [0.15, 0.2) is 28.8 Å². The van der Waals surface area contributed by atoms with Crippen molar-refractivity contribution in [3.8, 4) is 0 Å². The third-order valence-corrected chi connectivity index (χ3v) is 2.74. The van der Waals surface area contributed by atoms with Crippen molar-refractivity contribution in [3.05, 3.63) is 40.5 Å². The molecule has 0 atom stereocenters. The summed E-state index contributed by atoms with van der Waals surface area (Å²) < 4.78 is 4.98. The molecule has 1 aromatic heterocycles. The fourth-order valence-electron chi connectivity index (χ4n) is 1.33. The average Bonchev–Trinajstić information content (AvgIpc) is 2.64. The first-order chi connectivity index (χ1) is 8.56. The summed E-state index contributed by atoms with van der Waals surface area (Å²) in [5.74, 6) is 0.346.